The largest absolute Gasteiger partial charge is 0.433 e. The maximum Gasteiger partial charge on any atom is 0.433 e. The zero-order valence-corrected chi connectivity index (χ0v) is 13.7. The van der Waals surface area contributed by atoms with Gasteiger partial charge in [0.15, 0.2) is 9.84 Å². The van der Waals surface area contributed by atoms with E-state index in [1.807, 2.05) is 0 Å². The molecule has 0 spiro atoms. The van der Waals surface area contributed by atoms with Crippen LogP contribution in [-0.4, -0.2) is 24.5 Å². The molecule has 5 nitrogen and oxygen atoms in total. The first-order chi connectivity index (χ1) is 10.8. The van der Waals surface area contributed by atoms with Gasteiger partial charge < -0.3 is 0 Å². The van der Waals surface area contributed by atoms with Crippen LogP contribution in [0.1, 0.15) is 5.69 Å². The quantitative estimate of drug-likeness (QED) is 0.589. The fraction of sp³-hybridized carbons (Fsp3) is 0.231. The summed E-state index contributed by atoms with van der Waals surface area (Å²) in [5.41, 5.74) is -3.76. The molecule has 1 aromatic carbocycles. The van der Waals surface area contributed by atoms with Crippen LogP contribution in [0, 0.1) is 5.82 Å². The summed E-state index contributed by atoms with van der Waals surface area (Å²) < 4.78 is 75.9. The van der Waals surface area contributed by atoms with Crippen LogP contribution in [0.25, 0.3) is 11.3 Å². The fourth-order valence-corrected chi connectivity index (χ4v) is 3.30. The van der Waals surface area contributed by atoms with E-state index in [1.54, 1.807) is 0 Å². The van der Waals surface area contributed by atoms with Crippen LogP contribution in [0.3, 0.4) is 0 Å². The smallest absolute Gasteiger partial charge is 0.287 e. The van der Waals surface area contributed by atoms with Gasteiger partial charge in [0.2, 0.25) is 5.43 Å². The van der Waals surface area contributed by atoms with Gasteiger partial charge in [0.1, 0.15) is 17.2 Å². The van der Waals surface area contributed by atoms with Crippen LogP contribution in [0.2, 0.25) is 5.02 Å². The molecular formula is C13H9ClF4N2O3S. The zero-order chi connectivity index (χ0) is 18.4. The SMILES string of the molecule is Cn1nc(-c2cc(S(C)(=O)=O)c(Cl)cc2F)c(=O)cc1C(F)(F)F. The Bertz CT molecular complexity index is 984. The number of nitrogens with zero attached hydrogens (tertiary/aromatic N) is 2. The van der Waals surface area contributed by atoms with E-state index in [0.29, 0.717) is 10.7 Å². The van der Waals surface area contributed by atoms with E-state index in [2.05, 4.69) is 5.10 Å². The Balaban J connectivity index is 2.79. The lowest BCUT2D eigenvalue weighted by Gasteiger charge is -2.13. The Morgan fingerprint density at radius 2 is 1.79 bits per heavy atom. The van der Waals surface area contributed by atoms with E-state index in [0.717, 1.165) is 19.4 Å². The third kappa shape index (κ3) is 3.44. The van der Waals surface area contributed by atoms with E-state index in [-0.39, 0.29) is 6.07 Å². The summed E-state index contributed by atoms with van der Waals surface area (Å²) in [6, 6.07) is 1.69. The molecule has 2 aromatic rings. The van der Waals surface area contributed by atoms with Gasteiger partial charge in [-0.1, -0.05) is 11.6 Å². The first-order valence-corrected chi connectivity index (χ1v) is 8.44. The summed E-state index contributed by atoms with van der Waals surface area (Å²) in [6.07, 6.45) is -4.01. The molecule has 0 aliphatic carbocycles. The molecule has 0 atom stereocenters. The van der Waals surface area contributed by atoms with Gasteiger partial charge >= 0.3 is 6.18 Å². The summed E-state index contributed by atoms with van der Waals surface area (Å²) in [4.78, 5) is 11.4. The van der Waals surface area contributed by atoms with E-state index in [9.17, 15) is 30.8 Å². The Morgan fingerprint density at radius 1 is 1.21 bits per heavy atom. The number of hydrogen-bond donors (Lipinski definition) is 0. The Morgan fingerprint density at radius 3 is 2.29 bits per heavy atom. The summed E-state index contributed by atoms with van der Waals surface area (Å²) >= 11 is 5.66. The Kier molecular flexibility index (Phi) is 4.49. The summed E-state index contributed by atoms with van der Waals surface area (Å²) in [6.45, 7) is 0. The highest BCUT2D eigenvalue weighted by molar-refractivity contribution is 7.90. The van der Waals surface area contributed by atoms with E-state index < -0.39 is 54.1 Å². The van der Waals surface area contributed by atoms with Crippen LogP contribution < -0.4 is 5.43 Å². The average molecular weight is 385 g/mol. The van der Waals surface area contributed by atoms with Crippen LogP contribution >= 0.6 is 11.6 Å². The van der Waals surface area contributed by atoms with Crippen molar-refractivity contribution in [3.05, 3.63) is 45.0 Å². The Hall–Kier alpha value is -1.94. The second-order valence-corrected chi connectivity index (χ2v) is 7.29. The molecule has 0 aliphatic heterocycles. The number of alkyl halides is 3. The van der Waals surface area contributed by atoms with Crippen molar-refractivity contribution in [1.82, 2.24) is 9.78 Å². The van der Waals surface area contributed by atoms with Crippen molar-refractivity contribution in [1.29, 1.82) is 0 Å². The summed E-state index contributed by atoms with van der Waals surface area (Å²) in [5, 5.41) is 3.01. The molecule has 0 amide bonds. The molecule has 24 heavy (non-hydrogen) atoms. The first kappa shape index (κ1) is 18.4. The minimum Gasteiger partial charge on any atom is -0.287 e. The minimum atomic E-state index is -4.82. The molecule has 11 heteroatoms. The van der Waals surface area contributed by atoms with Crippen LogP contribution in [0.5, 0.6) is 0 Å². The predicted molar refractivity (Wildman–Crippen MR) is 78.0 cm³/mol. The van der Waals surface area contributed by atoms with Crippen molar-refractivity contribution in [2.75, 3.05) is 6.26 Å². The van der Waals surface area contributed by atoms with E-state index >= 15 is 0 Å². The molecule has 0 aliphatic rings. The number of sulfone groups is 1. The molecule has 0 radical (unpaired) electrons. The summed E-state index contributed by atoms with van der Waals surface area (Å²) in [5.74, 6) is -1.09. The van der Waals surface area contributed by atoms with Crippen molar-refractivity contribution in [2.45, 2.75) is 11.1 Å². The highest BCUT2D eigenvalue weighted by Gasteiger charge is 2.35. The monoisotopic (exact) mass is 384 g/mol. The van der Waals surface area contributed by atoms with Crippen LogP contribution in [0.4, 0.5) is 17.6 Å². The lowest BCUT2D eigenvalue weighted by atomic mass is 10.1. The Labute approximate surface area is 138 Å². The molecule has 0 unspecified atom stereocenters. The van der Waals surface area contributed by atoms with Crippen molar-refractivity contribution in [2.24, 2.45) is 7.05 Å². The molecule has 2 rings (SSSR count). The van der Waals surface area contributed by atoms with E-state index in [4.69, 9.17) is 11.6 Å². The van der Waals surface area contributed by atoms with E-state index in [1.165, 1.54) is 0 Å². The highest BCUT2D eigenvalue weighted by Crippen LogP contribution is 2.31. The van der Waals surface area contributed by atoms with Crippen molar-refractivity contribution in [3.63, 3.8) is 0 Å². The maximum atomic E-state index is 14.1. The standard InChI is InChI=1S/C13H9ClF4N2O3S/c1-20-11(13(16,17)18)5-9(21)12(19-20)6-3-10(24(2,22)23)7(14)4-8(6)15/h3-5H,1-2H3. The normalized spacial score (nSPS) is 12.5. The van der Waals surface area contributed by atoms with Gasteiger partial charge in [-0.2, -0.15) is 18.3 Å². The van der Waals surface area contributed by atoms with Crippen molar-refractivity contribution >= 4 is 21.4 Å². The second-order valence-electron chi connectivity index (χ2n) is 4.90. The molecule has 130 valence electrons. The van der Waals surface area contributed by atoms with Crippen LogP contribution in [0.15, 0.2) is 27.9 Å². The molecule has 0 fully saturated rings. The number of halogens is 5. The summed E-state index contributed by atoms with van der Waals surface area (Å²) in [7, 11) is -2.92. The van der Waals surface area contributed by atoms with Gasteiger partial charge in [0, 0.05) is 24.9 Å². The average Bonchev–Trinajstić information content (AvgIpc) is 2.38. The topological polar surface area (TPSA) is 69.0 Å². The highest BCUT2D eigenvalue weighted by atomic mass is 35.5. The second kappa shape index (κ2) is 5.85. The van der Waals surface area contributed by atoms with Crippen molar-refractivity contribution in [3.8, 4) is 11.3 Å². The molecule has 1 aromatic heterocycles. The molecule has 1 heterocycles. The van der Waals surface area contributed by atoms with Gasteiger partial charge in [-0.15, -0.1) is 0 Å². The number of aryl methyl sites for hydroxylation is 1. The number of aromatic nitrogens is 2. The van der Waals surface area contributed by atoms with Crippen molar-refractivity contribution < 1.29 is 26.0 Å². The van der Waals surface area contributed by atoms with Gasteiger partial charge in [-0.25, -0.2) is 12.8 Å². The molecule has 0 saturated carbocycles. The lowest BCUT2D eigenvalue weighted by molar-refractivity contribution is -0.144. The van der Waals surface area contributed by atoms with Gasteiger partial charge in [-0.05, 0) is 12.1 Å². The third-order valence-corrected chi connectivity index (χ3v) is 4.63. The lowest BCUT2D eigenvalue weighted by Crippen LogP contribution is -2.23. The molecule has 0 bridgehead atoms. The number of rotatable bonds is 2. The maximum absolute atomic E-state index is 14.1. The molecular weight excluding hydrogens is 376 g/mol. The third-order valence-electron chi connectivity index (χ3n) is 3.07. The minimum absolute atomic E-state index is 0.260. The number of benzene rings is 1. The predicted octanol–water partition coefficient (Wildman–Crippen LogP) is 2.66. The zero-order valence-electron chi connectivity index (χ0n) is 12.1. The van der Waals surface area contributed by atoms with Gasteiger partial charge in [0.05, 0.1) is 9.92 Å². The fourth-order valence-electron chi connectivity index (χ4n) is 1.99. The first-order valence-electron chi connectivity index (χ1n) is 6.17. The van der Waals surface area contributed by atoms with Gasteiger partial charge in [0.25, 0.3) is 0 Å². The van der Waals surface area contributed by atoms with Crippen LogP contribution in [-0.2, 0) is 23.1 Å². The molecule has 0 N–H and O–H groups in total. The van der Waals surface area contributed by atoms with Gasteiger partial charge in [-0.3, -0.25) is 9.48 Å². The molecule has 0 saturated heterocycles. The number of hydrogen-bond acceptors (Lipinski definition) is 4.